The van der Waals surface area contributed by atoms with Crippen LogP contribution in [0.2, 0.25) is 0 Å². The molecule has 1 saturated heterocycles. The SMILES string of the molecule is COC(=O)c1ccc(C(=O)Nc2ccc(C3CCN(C(=O)/C=C/c4ccc([N+](=O)[O-])o4)CC3)cc2)c(C)c1. The van der Waals surface area contributed by atoms with Crippen molar-refractivity contribution in [3.63, 3.8) is 0 Å². The second-order valence-electron chi connectivity index (χ2n) is 8.96. The van der Waals surface area contributed by atoms with Crippen molar-refractivity contribution in [3.8, 4) is 0 Å². The number of furan rings is 1. The van der Waals surface area contributed by atoms with Crippen molar-refractivity contribution in [1.29, 1.82) is 0 Å². The molecule has 1 aromatic heterocycles. The number of rotatable bonds is 7. The first-order valence-corrected chi connectivity index (χ1v) is 12.1. The Hall–Kier alpha value is -4.73. The van der Waals surface area contributed by atoms with Crippen LogP contribution in [0.3, 0.4) is 0 Å². The average molecular weight is 518 g/mol. The van der Waals surface area contributed by atoms with E-state index in [2.05, 4.69) is 5.32 Å². The number of nitrogens with zero attached hydrogens (tertiary/aromatic N) is 2. The minimum Gasteiger partial charge on any atom is -0.465 e. The molecule has 3 aromatic rings. The van der Waals surface area contributed by atoms with Crippen molar-refractivity contribution in [2.75, 3.05) is 25.5 Å². The number of carbonyl (C=O) groups is 3. The van der Waals surface area contributed by atoms with E-state index in [0.29, 0.717) is 35.5 Å². The van der Waals surface area contributed by atoms with Crippen molar-refractivity contribution in [1.82, 2.24) is 4.90 Å². The van der Waals surface area contributed by atoms with Crippen molar-refractivity contribution >= 4 is 35.4 Å². The smallest absolute Gasteiger partial charge is 0.433 e. The second kappa shape index (κ2) is 11.5. The first kappa shape index (κ1) is 26.3. The molecule has 0 spiro atoms. The highest BCUT2D eigenvalue weighted by Gasteiger charge is 2.23. The standard InChI is InChI=1S/C28H27N3O7/c1-18-17-21(28(34)37-2)5-10-24(18)27(33)29-22-6-3-19(4-7-22)20-13-15-30(16-14-20)25(32)11-8-23-9-12-26(38-23)31(35)36/h3-12,17,20H,13-16H2,1-2H3,(H,29,33)/b11-8+. The van der Waals surface area contributed by atoms with Gasteiger partial charge in [-0.3, -0.25) is 19.7 Å². The Morgan fingerprint density at radius 3 is 2.39 bits per heavy atom. The third-order valence-corrected chi connectivity index (χ3v) is 6.52. The first-order chi connectivity index (χ1) is 18.2. The lowest BCUT2D eigenvalue weighted by molar-refractivity contribution is -0.402. The fourth-order valence-electron chi connectivity index (χ4n) is 4.42. The molecule has 2 heterocycles. The Morgan fingerprint density at radius 1 is 1.08 bits per heavy atom. The first-order valence-electron chi connectivity index (χ1n) is 12.1. The van der Waals surface area contributed by atoms with E-state index in [9.17, 15) is 24.5 Å². The number of benzene rings is 2. The van der Waals surface area contributed by atoms with E-state index in [-0.39, 0.29) is 29.4 Å². The number of nitrogens with one attached hydrogen (secondary N) is 1. The molecule has 2 aromatic carbocycles. The molecule has 1 aliphatic heterocycles. The van der Waals surface area contributed by atoms with E-state index in [1.807, 2.05) is 24.3 Å². The number of aryl methyl sites for hydroxylation is 1. The van der Waals surface area contributed by atoms with Crippen LogP contribution in [0.4, 0.5) is 11.6 Å². The minimum absolute atomic E-state index is 0.171. The highest BCUT2D eigenvalue weighted by atomic mass is 16.6. The summed E-state index contributed by atoms with van der Waals surface area (Å²) in [6, 6.07) is 15.2. The number of piperidine rings is 1. The Morgan fingerprint density at radius 2 is 1.79 bits per heavy atom. The largest absolute Gasteiger partial charge is 0.465 e. The number of hydrogen-bond donors (Lipinski definition) is 1. The number of likely N-dealkylation sites (tertiary alicyclic amines) is 1. The van der Waals surface area contributed by atoms with E-state index in [1.165, 1.54) is 31.4 Å². The Labute approximate surface area is 219 Å². The molecule has 10 nitrogen and oxygen atoms in total. The Bertz CT molecular complexity index is 1380. The fraction of sp³-hybridized carbons (Fsp3) is 0.250. The predicted octanol–water partition coefficient (Wildman–Crippen LogP) is 4.95. The fourth-order valence-corrected chi connectivity index (χ4v) is 4.42. The summed E-state index contributed by atoms with van der Waals surface area (Å²) in [5, 5.41) is 13.6. The molecule has 38 heavy (non-hydrogen) atoms. The van der Waals surface area contributed by atoms with Gasteiger partial charge in [-0.2, -0.15) is 0 Å². The zero-order valence-electron chi connectivity index (χ0n) is 21.0. The van der Waals surface area contributed by atoms with E-state index in [4.69, 9.17) is 9.15 Å². The molecule has 0 aliphatic carbocycles. The van der Waals surface area contributed by atoms with Crippen LogP contribution in [0.5, 0.6) is 0 Å². The normalized spacial score (nSPS) is 13.9. The van der Waals surface area contributed by atoms with Gasteiger partial charge in [0.05, 0.1) is 18.7 Å². The van der Waals surface area contributed by atoms with Crippen LogP contribution >= 0.6 is 0 Å². The molecule has 1 aliphatic rings. The highest BCUT2D eigenvalue weighted by molar-refractivity contribution is 6.06. The van der Waals surface area contributed by atoms with E-state index >= 15 is 0 Å². The van der Waals surface area contributed by atoms with Gasteiger partial charge in [-0.15, -0.1) is 0 Å². The van der Waals surface area contributed by atoms with Crippen molar-refractivity contribution in [2.24, 2.45) is 0 Å². The van der Waals surface area contributed by atoms with Gasteiger partial charge in [0.25, 0.3) is 5.91 Å². The van der Waals surface area contributed by atoms with Gasteiger partial charge in [0.2, 0.25) is 5.91 Å². The van der Waals surface area contributed by atoms with E-state index < -0.39 is 10.9 Å². The van der Waals surface area contributed by atoms with Crippen LogP contribution in [0.15, 0.2) is 65.1 Å². The molecule has 1 N–H and O–H groups in total. The van der Waals surface area contributed by atoms with Gasteiger partial charge in [0, 0.05) is 30.4 Å². The lowest BCUT2D eigenvalue weighted by atomic mass is 9.89. The van der Waals surface area contributed by atoms with Gasteiger partial charge >= 0.3 is 11.9 Å². The number of ether oxygens (including phenoxy) is 1. The van der Waals surface area contributed by atoms with Crippen molar-refractivity contribution < 1.29 is 28.5 Å². The minimum atomic E-state index is -0.627. The number of carbonyl (C=O) groups excluding carboxylic acids is 3. The summed E-state index contributed by atoms with van der Waals surface area (Å²) in [5.74, 6) is -0.724. The maximum atomic E-state index is 12.7. The zero-order valence-corrected chi connectivity index (χ0v) is 21.0. The zero-order chi connectivity index (χ0) is 27.2. The lowest BCUT2D eigenvalue weighted by Gasteiger charge is -2.31. The summed E-state index contributed by atoms with van der Waals surface area (Å²) >= 11 is 0. The Kier molecular flexibility index (Phi) is 8.00. The lowest BCUT2D eigenvalue weighted by Crippen LogP contribution is -2.36. The molecule has 0 radical (unpaired) electrons. The third-order valence-electron chi connectivity index (χ3n) is 6.52. The number of esters is 1. The molecule has 0 bridgehead atoms. The number of anilines is 1. The summed E-state index contributed by atoms with van der Waals surface area (Å²) in [4.78, 5) is 48.8. The molecule has 1 fully saturated rings. The van der Waals surface area contributed by atoms with Crippen LogP contribution in [0.1, 0.15) is 56.4 Å². The average Bonchev–Trinajstić information content (AvgIpc) is 3.41. The van der Waals surface area contributed by atoms with Gasteiger partial charge < -0.3 is 19.4 Å². The third kappa shape index (κ3) is 6.15. The van der Waals surface area contributed by atoms with Crippen LogP contribution < -0.4 is 5.32 Å². The van der Waals surface area contributed by atoms with E-state index in [1.54, 1.807) is 30.0 Å². The van der Waals surface area contributed by atoms with Gasteiger partial charge in [-0.05, 0) is 79.3 Å². The van der Waals surface area contributed by atoms with Crippen LogP contribution in [0.25, 0.3) is 6.08 Å². The molecule has 0 saturated carbocycles. The summed E-state index contributed by atoms with van der Waals surface area (Å²) in [6.45, 7) is 2.94. The summed E-state index contributed by atoms with van der Waals surface area (Å²) in [7, 11) is 1.31. The monoisotopic (exact) mass is 517 g/mol. The molecule has 2 amide bonds. The predicted molar refractivity (Wildman–Crippen MR) is 140 cm³/mol. The maximum absolute atomic E-state index is 12.7. The molecule has 0 atom stereocenters. The molecule has 196 valence electrons. The van der Waals surface area contributed by atoms with Crippen molar-refractivity contribution in [3.05, 3.63) is 98.8 Å². The van der Waals surface area contributed by atoms with E-state index in [0.717, 1.165) is 18.4 Å². The summed E-state index contributed by atoms with van der Waals surface area (Å²) in [6.07, 6.45) is 4.39. The molecule has 4 rings (SSSR count). The Balaban J connectivity index is 1.29. The second-order valence-corrected chi connectivity index (χ2v) is 8.96. The number of methoxy groups -OCH3 is 1. The topological polar surface area (TPSA) is 132 Å². The number of nitro groups is 1. The molecular formula is C28H27N3O7. The quantitative estimate of drug-likeness (QED) is 0.203. The van der Waals surface area contributed by atoms with Crippen LogP contribution in [0, 0.1) is 17.0 Å². The van der Waals surface area contributed by atoms with Gasteiger partial charge in [0.1, 0.15) is 10.7 Å². The van der Waals surface area contributed by atoms with Gasteiger partial charge in [-0.25, -0.2) is 4.79 Å². The van der Waals surface area contributed by atoms with Crippen LogP contribution in [-0.4, -0.2) is 47.8 Å². The number of amides is 2. The summed E-state index contributed by atoms with van der Waals surface area (Å²) in [5.41, 5.74) is 3.32. The summed E-state index contributed by atoms with van der Waals surface area (Å²) < 4.78 is 9.76. The molecular weight excluding hydrogens is 490 g/mol. The van der Waals surface area contributed by atoms with Crippen molar-refractivity contribution in [2.45, 2.75) is 25.7 Å². The maximum Gasteiger partial charge on any atom is 0.433 e. The van der Waals surface area contributed by atoms with Crippen LogP contribution in [-0.2, 0) is 9.53 Å². The van der Waals surface area contributed by atoms with Gasteiger partial charge in [0.15, 0.2) is 0 Å². The molecule has 0 unspecified atom stereocenters. The number of hydrogen-bond acceptors (Lipinski definition) is 7. The molecule has 10 heteroatoms. The van der Waals surface area contributed by atoms with Gasteiger partial charge in [-0.1, -0.05) is 12.1 Å². The highest BCUT2D eigenvalue weighted by Crippen LogP contribution is 2.29.